The van der Waals surface area contributed by atoms with Crippen LogP contribution in [0.2, 0.25) is 5.02 Å². The number of benzene rings is 2. The van der Waals surface area contributed by atoms with E-state index in [1.165, 1.54) is 11.8 Å². The third kappa shape index (κ3) is 4.23. The summed E-state index contributed by atoms with van der Waals surface area (Å²) in [5, 5.41) is 3.95. The van der Waals surface area contributed by atoms with Crippen LogP contribution in [0.15, 0.2) is 52.4 Å². The molecule has 3 rings (SSSR count). The number of rotatable bonds is 6. The molecule has 2 aromatic carbocycles. The smallest absolute Gasteiger partial charge is 0.266 e. The fourth-order valence-corrected chi connectivity index (χ4v) is 3.96. The molecule has 0 aliphatic rings. The average Bonchev–Trinajstić information content (AvgIpc) is 2.67. The second kappa shape index (κ2) is 8.80. The van der Waals surface area contributed by atoms with Gasteiger partial charge < -0.3 is 5.32 Å². The molecule has 0 bridgehead atoms. The highest BCUT2D eigenvalue weighted by Crippen LogP contribution is 2.27. The van der Waals surface area contributed by atoms with E-state index in [1.807, 2.05) is 45.0 Å². The SMILES string of the molecule is CCCNC(=O)C(C)Sc1nc2cc(Cl)ccc2c(=O)n1-c1ccccc1C. The van der Waals surface area contributed by atoms with Crippen molar-refractivity contribution in [2.45, 2.75) is 37.6 Å². The van der Waals surface area contributed by atoms with Crippen molar-refractivity contribution in [3.8, 4) is 5.69 Å². The summed E-state index contributed by atoms with van der Waals surface area (Å²) in [4.78, 5) is 30.3. The third-order valence-corrected chi connectivity index (χ3v) is 5.65. The maximum atomic E-state index is 13.3. The number of nitrogens with zero attached hydrogens (tertiary/aromatic N) is 2. The third-order valence-electron chi connectivity index (χ3n) is 4.36. The van der Waals surface area contributed by atoms with Gasteiger partial charge in [0.15, 0.2) is 5.16 Å². The normalized spacial score (nSPS) is 12.1. The monoisotopic (exact) mass is 415 g/mol. The molecule has 3 aromatic rings. The lowest BCUT2D eigenvalue weighted by Gasteiger charge is -2.17. The van der Waals surface area contributed by atoms with Gasteiger partial charge in [0.25, 0.3) is 5.56 Å². The van der Waals surface area contributed by atoms with Crippen molar-refractivity contribution in [3.05, 3.63) is 63.4 Å². The van der Waals surface area contributed by atoms with Gasteiger partial charge in [-0.25, -0.2) is 4.98 Å². The summed E-state index contributed by atoms with van der Waals surface area (Å²) < 4.78 is 1.58. The molecule has 0 saturated heterocycles. The first kappa shape index (κ1) is 20.4. The zero-order chi connectivity index (χ0) is 20.3. The summed E-state index contributed by atoms with van der Waals surface area (Å²) >= 11 is 7.36. The van der Waals surface area contributed by atoms with Crippen LogP contribution in [0, 0.1) is 6.92 Å². The van der Waals surface area contributed by atoms with E-state index in [2.05, 4.69) is 10.3 Å². The van der Waals surface area contributed by atoms with Crippen LogP contribution in [-0.4, -0.2) is 27.3 Å². The van der Waals surface area contributed by atoms with Crippen molar-refractivity contribution >= 4 is 40.2 Å². The predicted octanol–water partition coefficient (Wildman–Crippen LogP) is 4.35. The van der Waals surface area contributed by atoms with Crippen LogP contribution in [-0.2, 0) is 4.79 Å². The fraction of sp³-hybridized carbons (Fsp3) is 0.286. The molecule has 1 N–H and O–H groups in total. The zero-order valence-electron chi connectivity index (χ0n) is 16.0. The van der Waals surface area contributed by atoms with Crippen molar-refractivity contribution in [1.29, 1.82) is 0 Å². The van der Waals surface area contributed by atoms with Crippen molar-refractivity contribution in [1.82, 2.24) is 14.9 Å². The fourth-order valence-electron chi connectivity index (χ4n) is 2.85. The summed E-state index contributed by atoms with van der Waals surface area (Å²) in [5.41, 5.74) is 2.04. The number of halogens is 1. The molecule has 0 aliphatic heterocycles. The van der Waals surface area contributed by atoms with E-state index in [9.17, 15) is 9.59 Å². The molecule has 1 amide bonds. The Bertz CT molecular complexity index is 1080. The van der Waals surface area contributed by atoms with E-state index in [4.69, 9.17) is 11.6 Å². The van der Waals surface area contributed by atoms with Crippen LogP contribution >= 0.6 is 23.4 Å². The summed E-state index contributed by atoms with van der Waals surface area (Å²) in [6.07, 6.45) is 0.865. The van der Waals surface area contributed by atoms with Gasteiger partial charge in [-0.1, -0.05) is 48.5 Å². The highest BCUT2D eigenvalue weighted by molar-refractivity contribution is 8.00. The summed E-state index contributed by atoms with van der Waals surface area (Å²) in [5.74, 6) is -0.0800. The number of para-hydroxylation sites is 1. The van der Waals surface area contributed by atoms with Crippen molar-refractivity contribution < 1.29 is 4.79 Å². The highest BCUT2D eigenvalue weighted by atomic mass is 35.5. The molecule has 146 valence electrons. The Morgan fingerprint density at radius 3 is 2.75 bits per heavy atom. The van der Waals surface area contributed by atoms with Gasteiger partial charge in [0, 0.05) is 11.6 Å². The van der Waals surface area contributed by atoms with Crippen molar-refractivity contribution in [2.24, 2.45) is 0 Å². The van der Waals surface area contributed by atoms with E-state index in [0.29, 0.717) is 27.6 Å². The lowest BCUT2D eigenvalue weighted by Crippen LogP contribution is -2.32. The lowest BCUT2D eigenvalue weighted by molar-refractivity contribution is -0.120. The number of aryl methyl sites for hydroxylation is 1. The molecule has 0 aliphatic carbocycles. The lowest BCUT2D eigenvalue weighted by atomic mass is 10.2. The molecule has 1 unspecified atom stereocenters. The molecule has 5 nitrogen and oxygen atoms in total. The first-order valence-corrected chi connectivity index (χ1v) is 10.4. The number of carbonyl (C=O) groups is 1. The number of amides is 1. The largest absolute Gasteiger partial charge is 0.355 e. The molecular formula is C21H22ClN3O2S. The van der Waals surface area contributed by atoms with Crippen LogP contribution in [0.1, 0.15) is 25.8 Å². The topological polar surface area (TPSA) is 64.0 Å². The van der Waals surface area contributed by atoms with Crippen LogP contribution in [0.4, 0.5) is 0 Å². The summed E-state index contributed by atoms with van der Waals surface area (Å²) in [7, 11) is 0. The molecular weight excluding hydrogens is 394 g/mol. The van der Waals surface area contributed by atoms with Crippen LogP contribution in [0.25, 0.3) is 16.6 Å². The predicted molar refractivity (Wildman–Crippen MR) is 116 cm³/mol. The van der Waals surface area contributed by atoms with Gasteiger partial charge in [-0.05, 0) is 50.1 Å². The molecule has 7 heteroatoms. The quantitative estimate of drug-likeness (QED) is 0.480. The van der Waals surface area contributed by atoms with Crippen molar-refractivity contribution in [3.63, 3.8) is 0 Å². The minimum absolute atomic E-state index is 0.0800. The van der Waals surface area contributed by atoms with Gasteiger partial charge in [0.05, 0.1) is 21.8 Å². The van der Waals surface area contributed by atoms with Gasteiger partial charge >= 0.3 is 0 Å². The van der Waals surface area contributed by atoms with E-state index >= 15 is 0 Å². The van der Waals surface area contributed by atoms with Crippen LogP contribution in [0.5, 0.6) is 0 Å². The van der Waals surface area contributed by atoms with Gasteiger partial charge in [0.2, 0.25) is 5.91 Å². The van der Waals surface area contributed by atoms with Gasteiger partial charge in [-0.15, -0.1) is 0 Å². The second-order valence-electron chi connectivity index (χ2n) is 6.53. The van der Waals surface area contributed by atoms with Gasteiger partial charge in [-0.2, -0.15) is 0 Å². The number of aromatic nitrogens is 2. The molecule has 1 aromatic heterocycles. The molecule has 0 radical (unpaired) electrons. The number of carbonyl (C=O) groups excluding carboxylic acids is 1. The Morgan fingerprint density at radius 1 is 1.29 bits per heavy atom. The number of hydrogen-bond acceptors (Lipinski definition) is 4. The van der Waals surface area contributed by atoms with Gasteiger partial charge in [0.1, 0.15) is 0 Å². The maximum Gasteiger partial charge on any atom is 0.266 e. The minimum Gasteiger partial charge on any atom is -0.355 e. The Labute approximate surface area is 173 Å². The standard InChI is InChI=1S/C21H22ClN3O2S/c1-4-11-23-19(26)14(3)28-21-24-17-12-15(22)9-10-16(17)20(27)25(21)18-8-6-5-7-13(18)2/h5-10,12,14H,4,11H2,1-3H3,(H,23,26). The Hall–Kier alpha value is -2.31. The second-order valence-corrected chi connectivity index (χ2v) is 8.28. The Morgan fingerprint density at radius 2 is 2.04 bits per heavy atom. The maximum absolute atomic E-state index is 13.3. The zero-order valence-corrected chi connectivity index (χ0v) is 17.6. The van der Waals surface area contributed by atoms with E-state index < -0.39 is 5.25 Å². The Balaban J connectivity index is 2.16. The van der Waals surface area contributed by atoms with Crippen molar-refractivity contribution in [2.75, 3.05) is 6.54 Å². The summed E-state index contributed by atoms with van der Waals surface area (Å²) in [6.45, 7) is 6.38. The first-order valence-electron chi connectivity index (χ1n) is 9.15. The molecule has 0 saturated carbocycles. The Kier molecular flexibility index (Phi) is 6.42. The average molecular weight is 416 g/mol. The minimum atomic E-state index is -0.398. The number of nitrogens with one attached hydrogen (secondary N) is 1. The molecule has 28 heavy (non-hydrogen) atoms. The van der Waals surface area contributed by atoms with E-state index in [0.717, 1.165) is 17.7 Å². The van der Waals surface area contributed by atoms with E-state index in [1.54, 1.807) is 22.8 Å². The first-order chi connectivity index (χ1) is 13.4. The number of thioether (sulfide) groups is 1. The van der Waals surface area contributed by atoms with Crippen LogP contribution in [0.3, 0.4) is 0 Å². The summed E-state index contributed by atoms with van der Waals surface area (Å²) in [6, 6.07) is 12.7. The molecule has 0 fully saturated rings. The molecule has 1 atom stereocenters. The van der Waals surface area contributed by atoms with E-state index in [-0.39, 0.29) is 11.5 Å². The molecule has 1 heterocycles. The van der Waals surface area contributed by atoms with Gasteiger partial charge in [-0.3, -0.25) is 14.2 Å². The number of fused-ring (bicyclic) bond motifs is 1. The highest BCUT2D eigenvalue weighted by Gasteiger charge is 2.20. The molecule has 0 spiro atoms. The van der Waals surface area contributed by atoms with Crippen LogP contribution < -0.4 is 10.9 Å². The number of hydrogen-bond donors (Lipinski definition) is 1.